The topological polar surface area (TPSA) is 79.8 Å². The molecule has 7 heteroatoms. The Balaban J connectivity index is 1.92. The Kier molecular flexibility index (Phi) is 4.62. The number of hydrogen-bond donors (Lipinski definition) is 2. The normalized spacial score (nSPS) is 12.2. The van der Waals surface area contributed by atoms with Crippen molar-refractivity contribution < 1.29 is 4.79 Å². The molecule has 2 heterocycles. The molecule has 1 atom stereocenters. The minimum atomic E-state index is -0.311. The van der Waals surface area contributed by atoms with Crippen LogP contribution < -0.4 is 10.6 Å². The summed E-state index contributed by atoms with van der Waals surface area (Å²) < 4.78 is 0. The third kappa shape index (κ3) is 3.74. The molecule has 0 saturated heterocycles. The van der Waals surface area contributed by atoms with Crippen LogP contribution in [0.2, 0.25) is 0 Å². The Hall–Kier alpha value is -2.02. The van der Waals surface area contributed by atoms with Crippen LogP contribution in [0.1, 0.15) is 43.4 Å². The minimum Gasteiger partial charge on any atom is -0.330 e. The average Bonchev–Trinajstić information content (AvgIpc) is 2.88. The van der Waals surface area contributed by atoms with Gasteiger partial charge in [0.25, 0.3) is 0 Å². The van der Waals surface area contributed by atoms with Gasteiger partial charge in [0.15, 0.2) is 0 Å². The summed E-state index contributed by atoms with van der Waals surface area (Å²) in [5, 5.41) is 14.9. The molecule has 6 nitrogen and oxygen atoms in total. The van der Waals surface area contributed by atoms with Gasteiger partial charge in [0.1, 0.15) is 5.01 Å². The van der Waals surface area contributed by atoms with E-state index in [2.05, 4.69) is 25.8 Å². The van der Waals surface area contributed by atoms with Gasteiger partial charge in [-0.05, 0) is 19.1 Å². The van der Waals surface area contributed by atoms with Crippen molar-refractivity contribution in [1.82, 2.24) is 20.5 Å². The summed E-state index contributed by atoms with van der Waals surface area (Å²) in [7, 11) is 0. The number of anilines is 1. The van der Waals surface area contributed by atoms with Crippen LogP contribution >= 0.6 is 11.3 Å². The van der Waals surface area contributed by atoms with Crippen LogP contribution in [0.3, 0.4) is 0 Å². The quantitative estimate of drug-likeness (QED) is 0.907. The summed E-state index contributed by atoms with van der Waals surface area (Å²) in [5.41, 5.74) is 0.808. The van der Waals surface area contributed by atoms with Crippen molar-refractivity contribution in [3.8, 4) is 0 Å². The Morgan fingerprint density at radius 2 is 2.05 bits per heavy atom. The van der Waals surface area contributed by atoms with E-state index in [-0.39, 0.29) is 12.1 Å². The summed E-state index contributed by atoms with van der Waals surface area (Å²) in [5.74, 6) is 0.304. The number of pyridine rings is 1. The lowest BCUT2D eigenvalue weighted by Gasteiger charge is -2.12. The van der Waals surface area contributed by atoms with E-state index in [1.807, 2.05) is 39.0 Å². The first-order valence-electron chi connectivity index (χ1n) is 6.38. The summed E-state index contributed by atoms with van der Waals surface area (Å²) >= 11 is 1.38. The van der Waals surface area contributed by atoms with E-state index in [4.69, 9.17) is 0 Å². The lowest BCUT2D eigenvalue weighted by molar-refractivity contribution is 0.249. The molecule has 20 heavy (non-hydrogen) atoms. The molecule has 0 unspecified atom stereocenters. The van der Waals surface area contributed by atoms with Gasteiger partial charge >= 0.3 is 6.03 Å². The molecule has 2 N–H and O–H groups in total. The summed E-state index contributed by atoms with van der Waals surface area (Å²) in [6.07, 6.45) is 1.70. The van der Waals surface area contributed by atoms with Gasteiger partial charge < -0.3 is 5.32 Å². The zero-order valence-electron chi connectivity index (χ0n) is 11.6. The molecular weight excluding hydrogens is 274 g/mol. The number of carbonyl (C=O) groups is 1. The van der Waals surface area contributed by atoms with Gasteiger partial charge in [0.2, 0.25) is 5.13 Å². The Bertz CT molecular complexity index is 569. The van der Waals surface area contributed by atoms with E-state index in [0.717, 1.165) is 10.7 Å². The third-order valence-corrected chi connectivity index (χ3v) is 3.77. The number of carbonyl (C=O) groups excluding carboxylic acids is 1. The number of nitrogens with one attached hydrogen (secondary N) is 2. The largest absolute Gasteiger partial charge is 0.330 e. The van der Waals surface area contributed by atoms with Crippen LogP contribution in [-0.4, -0.2) is 21.2 Å². The summed E-state index contributed by atoms with van der Waals surface area (Å²) in [4.78, 5) is 16.1. The fraction of sp³-hybridized carbons (Fsp3) is 0.385. The molecule has 0 fully saturated rings. The zero-order valence-corrected chi connectivity index (χ0v) is 12.4. The van der Waals surface area contributed by atoms with Crippen molar-refractivity contribution in [2.75, 3.05) is 5.32 Å². The molecule has 0 saturated carbocycles. The highest BCUT2D eigenvalue weighted by atomic mass is 32.1. The van der Waals surface area contributed by atoms with E-state index >= 15 is 0 Å². The molecule has 0 aromatic carbocycles. The molecule has 0 aliphatic heterocycles. The second kappa shape index (κ2) is 6.42. The Morgan fingerprint density at radius 1 is 1.25 bits per heavy atom. The van der Waals surface area contributed by atoms with Crippen LogP contribution in [0.5, 0.6) is 0 Å². The number of rotatable bonds is 4. The monoisotopic (exact) mass is 291 g/mol. The fourth-order valence-corrected chi connectivity index (χ4v) is 2.30. The predicted octanol–water partition coefficient (Wildman–Crippen LogP) is 2.94. The van der Waals surface area contributed by atoms with Crippen molar-refractivity contribution >= 4 is 22.5 Å². The lowest BCUT2D eigenvalue weighted by Crippen LogP contribution is -2.31. The van der Waals surface area contributed by atoms with Gasteiger partial charge in [0, 0.05) is 12.1 Å². The maximum Gasteiger partial charge on any atom is 0.321 e. The number of amides is 2. The van der Waals surface area contributed by atoms with E-state index < -0.39 is 0 Å². The highest BCUT2D eigenvalue weighted by Crippen LogP contribution is 2.22. The molecule has 2 aromatic rings. The second-order valence-corrected chi connectivity index (χ2v) is 5.68. The number of aromatic nitrogens is 3. The first kappa shape index (κ1) is 14.4. The maximum atomic E-state index is 11.9. The van der Waals surface area contributed by atoms with Crippen LogP contribution in [0.15, 0.2) is 24.4 Å². The maximum absolute atomic E-state index is 11.9. The Morgan fingerprint density at radius 3 is 2.65 bits per heavy atom. The van der Waals surface area contributed by atoms with Crippen molar-refractivity contribution in [2.45, 2.75) is 32.7 Å². The van der Waals surface area contributed by atoms with E-state index in [9.17, 15) is 4.79 Å². The van der Waals surface area contributed by atoms with Gasteiger partial charge in [-0.15, -0.1) is 10.2 Å². The molecule has 0 radical (unpaired) electrons. The van der Waals surface area contributed by atoms with Crippen molar-refractivity contribution in [1.29, 1.82) is 0 Å². The lowest BCUT2D eigenvalue weighted by atomic mass is 10.2. The molecule has 2 amide bonds. The van der Waals surface area contributed by atoms with Crippen LogP contribution in [-0.2, 0) is 0 Å². The third-order valence-electron chi connectivity index (χ3n) is 2.63. The van der Waals surface area contributed by atoms with E-state index in [1.54, 1.807) is 6.20 Å². The number of nitrogens with zero attached hydrogens (tertiary/aromatic N) is 3. The Labute approximate surface area is 121 Å². The number of hydrogen-bond acceptors (Lipinski definition) is 5. The summed E-state index contributed by atoms with van der Waals surface area (Å²) in [6, 6.07) is 5.11. The minimum absolute atomic E-state index is 0.173. The summed E-state index contributed by atoms with van der Waals surface area (Å²) in [6.45, 7) is 5.95. The van der Waals surface area contributed by atoms with Crippen LogP contribution in [0, 0.1) is 0 Å². The van der Waals surface area contributed by atoms with Crippen molar-refractivity contribution in [3.63, 3.8) is 0 Å². The predicted molar refractivity (Wildman–Crippen MR) is 78.8 cm³/mol. The van der Waals surface area contributed by atoms with Crippen molar-refractivity contribution in [2.24, 2.45) is 0 Å². The molecule has 106 valence electrons. The number of urea groups is 1. The standard InChI is InChI=1S/C13H17N5OS/c1-8(2)11-17-18-13(20-11)16-12(19)15-9(3)10-6-4-5-7-14-10/h4-9H,1-3H3,(H2,15,16,18,19)/t9-/m0/s1. The SMILES string of the molecule is CC(C)c1nnc(NC(=O)N[C@@H](C)c2ccccn2)s1. The van der Waals surface area contributed by atoms with E-state index in [0.29, 0.717) is 11.0 Å². The average molecular weight is 291 g/mol. The molecule has 0 bridgehead atoms. The van der Waals surface area contributed by atoms with Gasteiger partial charge in [-0.25, -0.2) is 4.79 Å². The molecule has 0 spiro atoms. The fourth-order valence-electron chi connectivity index (χ4n) is 1.55. The highest BCUT2D eigenvalue weighted by Gasteiger charge is 2.13. The van der Waals surface area contributed by atoms with Gasteiger partial charge in [-0.3, -0.25) is 10.3 Å². The van der Waals surface area contributed by atoms with Gasteiger partial charge in [-0.1, -0.05) is 31.3 Å². The van der Waals surface area contributed by atoms with E-state index in [1.165, 1.54) is 11.3 Å². The van der Waals surface area contributed by atoms with Crippen LogP contribution in [0.25, 0.3) is 0 Å². The smallest absolute Gasteiger partial charge is 0.321 e. The zero-order chi connectivity index (χ0) is 14.5. The van der Waals surface area contributed by atoms with Gasteiger partial charge in [0.05, 0.1) is 11.7 Å². The molecule has 2 rings (SSSR count). The molecule has 0 aliphatic rings. The second-order valence-electron chi connectivity index (χ2n) is 4.67. The van der Waals surface area contributed by atoms with Gasteiger partial charge in [-0.2, -0.15) is 0 Å². The molecule has 2 aromatic heterocycles. The highest BCUT2D eigenvalue weighted by molar-refractivity contribution is 7.15. The molecule has 0 aliphatic carbocycles. The molecular formula is C13H17N5OS. The first-order chi connectivity index (χ1) is 9.56. The first-order valence-corrected chi connectivity index (χ1v) is 7.19. The van der Waals surface area contributed by atoms with Crippen molar-refractivity contribution in [3.05, 3.63) is 35.1 Å². The van der Waals surface area contributed by atoms with Crippen LogP contribution in [0.4, 0.5) is 9.93 Å².